The highest BCUT2D eigenvalue weighted by atomic mass is 35.5. The number of nitrogens with zero attached hydrogens (tertiary/aromatic N) is 2. The van der Waals surface area contributed by atoms with E-state index in [0.29, 0.717) is 11.3 Å². The number of anilines is 1. The number of benzene rings is 2. The SMILES string of the molecule is O=C(Nc1ccc(Cl)c(C(F)(F)F)c1)c1snnc1-c1ccccc1. The van der Waals surface area contributed by atoms with Crippen LogP contribution in [0.5, 0.6) is 0 Å². The topological polar surface area (TPSA) is 54.9 Å². The van der Waals surface area contributed by atoms with Gasteiger partial charge in [0.1, 0.15) is 10.6 Å². The van der Waals surface area contributed by atoms with Crippen molar-refractivity contribution in [2.75, 3.05) is 5.32 Å². The van der Waals surface area contributed by atoms with Gasteiger partial charge in [-0.15, -0.1) is 5.10 Å². The lowest BCUT2D eigenvalue weighted by molar-refractivity contribution is -0.137. The molecule has 0 saturated heterocycles. The third kappa shape index (κ3) is 3.80. The quantitative estimate of drug-likeness (QED) is 0.682. The van der Waals surface area contributed by atoms with Gasteiger partial charge in [-0.25, -0.2) is 0 Å². The van der Waals surface area contributed by atoms with E-state index in [1.54, 1.807) is 24.3 Å². The molecule has 25 heavy (non-hydrogen) atoms. The molecule has 0 radical (unpaired) electrons. The van der Waals surface area contributed by atoms with Crippen molar-refractivity contribution in [3.8, 4) is 11.3 Å². The van der Waals surface area contributed by atoms with Gasteiger partial charge in [0, 0.05) is 11.3 Å². The summed E-state index contributed by atoms with van der Waals surface area (Å²) in [5.41, 5.74) is 0.0217. The Hall–Kier alpha value is -2.45. The highest BCUT2D eigenvalue weighted by molar-refractivity contribution is 7.08. The number of carbonyl (C=O) groups excluding carboxylic acids is 1. The van der Waals surface area contributed by atoms with Gasteiger partial charge in [-0.05, 0) is 29.7 Å². The number of hydrogen-bond acceptors (Lipinski definition) is 4. The minimum Gasteiger partial charge on any atom is -0.321 e. The summed E-state index contributed by atoms with van der Waals surface area (Å²) in [6.07, 6.45) is -4.61. The van der Waals surface area contributed by atoms with Crippen LogP contribution in [0, 0.1) is 0 Å². The normalized spacial score (nSPS) is 11.4. The van der Waals surface area contributed by atoms with Gasteiger partial charge in [-0.3, -0.25) is 4.79 Å². The fraction of sp³-hybridized carbons (Fsp3) is 0.0625. The lowest BCUT2D eigenvalue weighted by Crippen LogP contribution is -2.13. The summed E-state index contributed by atoms with van der Waals surface area (Å²) in [5.74, 6) is -0.593. The van der Waals surface area contributed by atoms with E-state index in [-0.39, 0.29) is 10.6 Å². The molecule has 0 atom stereocenters. The lowest BCUT2D eigenvalue weighted by Gasteiger charge is -2.11. The molecule has 0 aliphatic rings. The maximum absolute atomic E-state index is 12.9. The molecule has 0 aliphatic carbocycles. The molecular weight excluding hydrogens is 375 g/mol. The molecule has 1 N–H and O–H groups in total. The van der Waals surface area contributed by atoms with Crippen molar-refractivity contribution < 1.29 is 18.0 Å². The molecule has 9 heteroatoms. The van der Waals surface area contributed by atoms with E-state index in [2.05, 4.69) is 14.9 Å². The lowest BCUT2D eigenvalue weighted by atomic mass is 10.1. The summed E-state index contributed by atoms with van der Waals surface area (Å²) in [6.45, 7) is 0. The second kappa shape index (κ2) is 6.81. The van der Waals surface area contributed by atoms with Crippen LogP contribution in [0.2, 0.25) is 5.02 Å². The van der Waals surface area contributed by atoms with Crippen LogP contribution in [0.25, 0.3) is 11.3 Å². The summed E-state index contributed by atoms with van der Waals surface area (Å²) in [5, 5.41) is 5.92. The highest BCUT2D eigenvalue weighted by Gasteiger charge is 2.33. The first-order chi connectivity index (χ1) is 11.9. The molecule has 0 spiro atoms. The predicted molar refractivity (Wildman–Crippen MR) is 89.8 cm³/mol. The van der Waals surface area contributed by atoms with Crippen molar-refractivity contribution in [3.05, 3.63) is 64.0 Å². The van der Waals surface area contributed by atoms with E-state index in [1.165, 1.54) is 6.07 Å². The smallest absolute Gasteiger partial charge is 0.321 e. The van der Waals surface area contributed by atoms with Gasteiger partial charge in [0.05, 0.1) is 10.6 Å². The third-order valence-electron chi connectivity index (χ3n) is 3.27. The standard InChI is InChI=1S/C16H9ClF3N3OS/c17-12-7-6-10(8-11(12)16(18,19)20)21-15(24)14-13(22-23-25-14)9-4-2-1-3-5-9/h1-8H,(H,21,24). The molecule has 1 heterocycles. The average Bonchev–Trinajstić information content (AvgIpc) is 3.06. The fourth-order valence-corrected chi connectivity index (χ4v) is 2.94. The molecule has 0 bridgehead atoms. The van der Waals surface area contributed by atoms with Gasteiger partial charge in [-0.1, -0.05) is 46.4 Å². The van der Waals surface area contributed by atoms with E-state index >= 15 is 0 Å². The Bertz CT molecular complexity index is 912. The summed E-state index contributed by atoms with van der Waals surface area (Å²) in [6, 6.07) is 12.1. The molecule has 0 aliphatic heterocycles. The second-order valence-corrected chi connectivity index (χ2v) is 6.12. The zero-order valence-corrected chi connectivity index (χ0v) is 13.9. The third-order valence-corrected chi connectivity index (χ3v) is 4.33. The minimum absolute atomic E-state index is 0.0193. The van der Waals surface area contributed by atoms with Gasteiger partial charge >= 0.3 is 6.18 Å². The monoisotopic (exact) mass is 383 g/mol. The van der Waals surface area contributed by atoms with Crippen LogP contribution in [0.3, 0.4) is 0 Å². The molecule has 128 valence electrons. The van der Waals surface area contributed by atoms with Gasteiger partial charge < -0.3 is 5.32 Å². The fourth-order valence-electron chi connectivity index (χ4n) is 2.13. The van der Waals surface area contributed by atoms with Crippen molar-refractivity contribution in [2.45, 2.75) is 6.18 Å². The van der Waals surface area contributed by atoms with E-state index in [0.717, 1.165) is 23.7 Å². The Morgan fingerprint density at radius 1 is 1.12 bits per heavy atom. The zero-order valence-electron chi connectivity index (χ0n) is 12.3. The van der Waals surface area contributed by atoms with Crippen LogP contribution >= 0.6 is 23.1 Å². The number of rotatable bonds is 3. The summed E-state index contributed by atoms with van der Waals surface area (Å²) < 4.78 is 42.5. The molecule has 3 rings (SSSR count). The van der Waals surface area contributed by atoms with Gasteiger partial charge in [0.15, 0.2) is 0 Å². The van der Waals surface area contributed by atoms with Crippen LogP contribution in [-0.2, 0) is 6.18 Å². The van der Waals surface area contributed by atoms with Crippen molar-refractivity contribution in [2.24, 2.45) is 0 Å². The zero-order chi connectivity index (χ0) is 18.0. The number of amides is 1. The highest BCUT2D eigenvalue weighted by Crippen LogP contribution is 2.36. The largest absolute Gasteiger partial charge is 0.417 e. The number of hydrogen-bond donors (Lipinski definition) is 1. The van der Waals surface area contributed by atoms with E-state index in [1.807, 2.05) is 6.07 Å². The first-order valence-corrected chi connectivity index (χ1v) is 8.07. The summed E-state index contributed by atoms with van der Waals surface area (Å²) in [7, 11) is 0. The van der Waals surface area contributed by atoms with Crippen LogP contribution in [0.1, 0.15) is 15.2 Å². The molecule has 0 unspecified atom stereocenters. The molecule has 1 aromatic heterocycles. The molecule has 4 nitrogen and oxygen atoms in total. The van der Waals surface area contributed by atoms with E-state index < -0.39 is 22.7 Å². The molecule has 0 fully saturated rings. The second-order valence-electron chi connectivity index (χ2n) is 4.96. The number of nitrogens with one attached hydrogen (secondary N) is 1. The van der Waals surface area contributed by atoms with Crippen molar-refractivity contribution in [1.82, 2.24) is 9.59 Å². The molecule has 1 amide bonds. The molecule has 3 aromatic rings. The number of halogens is 4. The predicted octanol–water partition coefficient (Wildman–Crippen LogP) is 5.13. The Balaban J connectivity index is 1.89. The number of aromatic nitrogens is 2. The molecular formula is C16H9ClF3N3OS. The first-order valence-electron chi connectivity index (χ1n) is 6.92. The van der Waals surface area contributed by atoms with E-state index in [4.69, 9.17) is 11.6 Å². The molecule has 0 saturated carbocycles. The van der Waals surface area contributed by atoms with Crippen molar-refractivity contribution >= 4 is 34.7 Å². The van der Waals surface area contributed by atoms with Crippen molar-refractivity contribution in [3.63, 3.8) is 0 Å². The maximum atomic E-state index is 12.9. The van der Waals surface area contributed by atoms with Crippen LogP contribution in [-0.4, -0.2) is 15.5 Å². The van der Waals surface area contributed by atoms with Gasteiger partial charge in [0.2, 0.25) is 0 Å². The first kappa shape index (κ1) is 17.4. The average molecular weight is 384 g/mol. The Kier molecular flexibility index (Phi) is 4.73. The van der Waals surface area contributed by atoms with Crippen LogP contribution < -0.4 is 5.32 Å². The number of alkyl halides is 3. The van der Waals surface area contributed by atoms with Gasteiger partial charge in [-0.2, -0.15) is 13.2 Å². The van der Waals surface area contributed by atoms with E-state index in [9.17, 15) is 18.0 Å². The Labute approximate surface area is 149 Å². The van der Waals surface area contributed by atoms with Gasteiger partial charge in [0.25, 0.3) is 5.91 Å². The van der Waals surface area contributed by atoms with Crippen molar-refractivity contribution in [1.29, 1.82) is 0 Å². The maximum Gasteiger partial charge on any atom is 0.417 e. The van der Waals surface area contributed by atoms with Crippen LogP contribution in [0.15, 0.2) is 48.5 Å². The Morgan fingerprint density at radius 3 is 2.52 bits per heavy atom. The summed E-state index contributed by atoms with van der Waals surface area (Å²) in [4.78, 5) is 12.6. The number of carbonyl (C=O) groups is 1. The van der Waals surface area contributed by atoms with Crippen LogP contribution in [0.4, 0.5) is 18.9 Å². The Morgan fingerprint density at radius 2 is 1.84 bits per heavy atom. The minimum atomic E-state index is -4.61. The molecule has 2 aromatic carbocycles. The summed E-state index contributed by atoms with van der Waals surface area (Å²) >= 11 is 6.43.